The number of nitrogens with zero attached hydrogens (tertiary/aromatic N) is 3. The van der Waals surface area contributed by atoms with E-state index in [1.54, 1.807) is 7.11 Å². The van der Waals surface area contributed by atoms with Crippen LogP contribution in [0.15, 0.2) is 48.5 Å². The SMILES string of the molecule is COc1ccc(CN2CCC3(CC2)C[C@H](CC(=O)N2CCN(C)CC2)c2ccccc23)cc1. The largest absolute Gasteiger partial charge is 0.497 e. The summed E-state index contributed by atoms with van der Waals surface area (Å²) < 4.78 is 5.29. The Morgan fingerprint density at radius 3 is 2.36 bits per heavy atom. The Morgan fingerprint density at radius 1 is 0.970 bits per heavy atom. The number of rotatable bonds is 5. The van der Waals surface area contributed by atoms with Crippen LogP contribution in [0, 0.1) is 0 Å². The van der Waals surface area contributed by atoms with Crippen LogP contribution < -0.4 is 4.74 Å². The number of fused-ring (bicyclic) bond motifs is 2. The number of piperidine rings is 1. The number of amides is 1. The molecule has 5 rings (SSSR count). The number of carbonyl (C=O) groups is 1. The molecule has 2 aliphatic heterocycles. The molecule has 1 amide bonds. The highest BCUT2D eigenvalue weighted by Crippen LogP contribution is 2.52. The standard InChI is InChI=1S/C28H37N3O2/c1-29-15-17-31(18-16-29)27(32)19-23-20-28(26-6-4-3-5-25(23)26)11-13-30(14-12-28)21-22-7-9-24(33-2)10-8-22/h3-10,23H,11-21H2,1-2H3/t23-/m0/s1. The quantitative estimate of drug-likeness (QED) is 0.697. The van der Waals surface area contributed by atoms with Gasteiger partial charge in [0.15, 0.2) is 0 Å². The number of ether oxygens (including phenoxy) is 1. The molecule has 2 saturated heterocycles. The number of likely N-dealkylation sites (tertiary alicyclic amines) is 1. The predicted octanol–water partition coefficient (Wildman–Crippen LogP) is 3.88. The average Bonchev–Trinajstić information content (AvgIpc) is 3.14. The Morgan fingerprint density at radius 2 is 1.67 bits per heavy atom. The van der Waals surface area contributed by atoms with Gasteiger partial charge in [-0.15, -0.1) is 0 Å². The zero-order valence-electron chi connectivity index (χ0n) is 20.1. The zero-order valence-corrected chi connectivity index (χ0v) is 20.1. The van der Waals surface area contributed by atoms with Crippen molar-refractivity contribution in [1.29, 1.82) is 0 Å². The Kier molecular flexibility index (Phi) is 6.44. The monoisotopic (exact) mass is 447 g/mol. The summed E-state index contributed by atoms with van der Waals surface area (Å²) in [6, 6.07) is 17.4. The van der Waals surface area contributed by atoms with Crippen molar-refractivity contribution in [3.8, 4) is 5.75 Å². The second-order valence-corrected chi connectivity index (χ2v) is 10.3. The molecule has 0 bridgehead atoms. The van der Waals surface area contributed by atoms with Gasteiger partial charge in [0.2, 0.25) is 5.91 Å². The van der Waals surface area contributed by atoms with Crippen molar-refractivity contribution in [2.45, 2.75) is 43.6 Å². The van der Waals surface area contributed by atoms with Crippen molar-refractivity contribution >= 4 is 5.91 Å². The van der Waals surface area contributed by atoms with E-state index in [0.717, 1.165) is 58.0 Å². The van der Waals surface area contributed by atoms with Crippen LogP contribution in [0.2, 0.25) is 0 Å². The maximum Gasteiger partial charge on any atom is 0.223 e. The Bertz CT molecular complexity index is 957. The maximum atomic E-state index is 13.1. The van der Waals surface area contributed by atoms with E-state index in [9.17, 15) is 4.79 Å². The summed E-state index contributed by atoms with van der Waals surface area (Å²) in [5, 5.41) is 0. The van der Waals surface area contributed by atoms with Crippen molar-refractivity contribution < 1.29 is 9.53 Å². The zero-order chi connectivity index (χ0) is 22.8. The van der Waals surface area contributed by atoms with Gasteiger partial charge >= 0.3 is 0 Å². The molecule has 2 fully saturated rings. The molecule has 5 heteroatoms. The Hall–Kier alpha value is -2.37. The van der Waals surface area contributed by atoms with Gasteiger partial charge < -0.3 is 14.5 Å². The fraction of sp³-hybridized carbons (Fsp3) is 0.536. The number of piperazine rings is 1. The molecule has 0 saturated carbocycles. The van der Waals surface area contributed by atoms with Gasteiger partial charge in [-0.2, -0.15) is 0 Å². The normalized spacial score (nSPS) is 23.0. The first kappa shape index (κ1) is 22.4. The lowest BCUT2D eigenvalue weighted by Crippen LogP contribution is -2.47. The van der Waals surface area contributed by atoms with Gasteiger partial charge in [-0.1, -0.05) is 36.4 Å². The molecule has 0 aromatic heterocycles. The van der Waals surface area contributed by atoms with Crippen molar-refractivity contribution in [2.75, 3.05) is 53.4 Å². The van der Waals surface area contributed by atoms with E-state index in [1.165, 1.54) is 29.5 Å². The Labute approximate surface area is 198 Å². The number of methoxy groups -OCH3 is 1. The fourth-order valence-corrected chi connectivity index (χ4v) is 6.21. The van der Waals surface area contributed by atoms with Gasteiger partial charge in [-0.3, -0.25) is 9.69 Å². The first-order valence-electron chi connectivity index (χ1n) is 12.5. The molecule has 2 heterocycles. The summed E-state index contributed by atoms with van der Waals surface area (Å²) in [7, 11) is 3.85. The lowest BCUT2D eigenvalue weighted by atomic mass is 9.73. The van der Waals surface area contributed by atoms with Crippen molar-refractivity contribution in [3.63, 3.8) is 0 Å². The van der Waals surface area contributed by atoms with Gasteiger partial charge in [0.05, 0.1) is 7.11 Å². The number of carbonyl (C=O) groups excluding carboxylic acids is 1. The molecule has 176 valence electrons. The van der Waals surface area contributed by atoms with Crippen LogP contribution in [0.1, 0.15) is 48.3 Å². The van der Waals surface area contributed by atoms with Crippen molar-refractivity contribution in [2.24, 2.45) is 0 Å². The lowest BCUT2D eigenvalue weighted by molar-refractivity contribution is -0.133. The first-order chi connectivity index (χ1) is 16.1. The van der Waals surface area contributed by atoms with E-state index in [0.29, 0.717) is 18.2 Å². The summed E-state index contributed by atoms with van der Waals surface area (Å²) in [5.41, 5.74) is 4.53. The lowest BCUT2D eigenvalue weighted by Gasteiger charge is -2.40. The van der Waals surface area contributed by atoms with E-state index in [1.807, 2.05) is 0 Å². The smallest absolute Gasteiger partial charge is 0.223 e. The maximum absolute atomic E-state index is 13.1. The minimum absolute atomic E-state index is 0.236. The molecule has 0 radical (unpaired) electrons. The summed E-state index contributed by atoms with van der Waals surface area (Å²) in [4.78, 5) is 20.1. The highest BCUT2D eigenvalue weighted by Gasteiger charge is 2.45. The molecule has 2 aromatic rings. The van der Waals surface area contributed by atoms with Crippen LogP contribution in [-0.2, 0) is 16.8 Å². The summed E-state index contributed by atoms with van der Waals surface area (Å²) in [6.07, 6.45) is 4.15. The van der Waals surface area contributed by atoms with Gasteiger partial charge in [0.25, 0.3) is 0 Å². The van der Waals surface area contributed by atoms with Gasteiger partial charge in [-0.05, 0) is 79.6 Å². The van der Waals surface area contributed by atoms with Gasteiger partial charge in [0.1, 0.15) is 5.75 Å². The second kappa shape index (κ2) is 9.47. The van der Waals surface area contributed by atoms with Crippen LogP contribution in [0.4, 0.5) is 0 Å². The molecule has 33 heavy (non-hydrogen) atoms. The van der Waals surface area contributed by atoms with Crippen LogP contribution in [0.3, 0.4) is 0 Å². The number of hydrogen-bond acceptors (Lipinski definition) is 4. The minimum Gasteiger partial charge on any atom is -0.497 e. The molecule has 1 atom stereocenters. The van der Waals surface area contributed by atoms with Crippen molar-refractivity contribution in [1.82, 2.24) is 14.7 Å². The van der Waals surface area contributed by atoms with E-state index in [-0.39, 0.29) is 5.41 Å². The second-order valence-electron chi connectivity index (χ2n) is 10.3. The van der Waals surface area contributed by atoms with Crippen LogP contribution >= 0.6 is 0 Å². The number of likely N-dealkylation sites (N-methyl/N-ethyl adjacent to an activating group) is 1. The van der Waals surface area contributed by atoms with Gasteiger partial charge in [0, 0.05) is 39.1 Å². The van der Waals surface area contributed by atoms with Gasteiger partial charge in [-0.25, -0.2) is 0 Å². The third-order valence-corrected chi connectivity index (χ3v) is 8.26. The highest BCUT2D eigenvalue weighted by molar-refractivity contribution is 5.77. The highest BCUT2D eigenvalue weighted by atomic mass is 16.5. The fourth-order valence-electron chi connectivity index (χ4n) is 6.21. The third kappa shape index (κ3) is 4.67. The molecule has 5 nitrogen and oxygen atoms in total. The van der Waals surface area contributed by atoms with Crippen LogP contribution in [0.5, 0.6) is 5.75 Å². The minimum atomic E-state index is 0.236. The molecule has 1 spiro atoms. The summed E-state index contributed by atoms with van der Waals surface area (Å²) in [5.74, 6) is 1.62. The van der Waals surface area contributed by atoms with E-state index >= 15 is 0 Å². The molecular formula is C28H37N3O2. The van der Waals surface area contributed by atoms with Crippen LogP contribution in [0.25, 0.3) is 0 Å². The topological polar surface area (TPSA) is 36.0 Å². The summed E-state index contributed by atoms with van der Waals surface area (Å²) >= 11 is 0. The van der Waals surface area contributed by atoms with E-state index in [2.05, 4.69) is 70.3 Å². The molecule has 2 aromatic carbocycles. The third-order valence-electron chi connectivity index (χ3n) is 8.26. The molecule has 3 aliphatic rings. The average molecular weight is 448 g/mol. The summed E-state index contributed by atoms with van der Waals surface area (Å²) in [6.45, 7) is 6.93. The molecule has 0 unspecified atom stereocenters. The molecule has 0 N–H and O–H groups in total. The number of hydrogen-bond donors (Lipinski definition) is 0. The first-order valence-corrected chi connectivity index (χ1v) is 12.5. The Balaban J connectivity index is 1.24. The van der Waals surface area contributed by atoms with E-state index in [4.69, 9.17) is 4.74 Å². The number of benzene rings is 2. The predicted molar refractivity (Wildman–Crippen MR) is 132 cm³/mol. The molecule has 1 aliphatic carbocycles. The van der Waals surface area contributed by atoms with Crippen LogP contribution in [-0.4, -0.2) is 74.0 Å². The van der Waals surface area contributed by atoms with E-state index < -0.39 is 0 Å². The van der Waals surface area contributed by atoms with Crippen molar-refractivity contribution in [3.05, 3.63) is 65.2 Å². The molecular weight excluding hydrogens is 410 g/mol.